The Kier molecular flexibility index (Phi) is 4.67. The molecule has 1 amide bonds. The molecule has 0 bridgehead atoms. The van der Waals surface area contributed by atoms with E-state index in [1.165, 1.54) is 0 Å². The topological polar surface area (TPSA) is 55.6 Å². The molecule has 6 heteroatoms. The van der Waals surface area contributed by atoms with Gasteiger partial charge in [0.15, 0.2) is 5.76 Å². The third-order valence-electron chi connectivity index (χ3n) is 4.87. The molecule has 0 saturated carbocycles. The van der Waals surface area contributed by atoms with Crippen LogP contribution in [0, 0.1) is 0 Å². The van der Waals surface area contributed by atoms with Crippen LogP contribution in [0.5, 0.6) is 0 Å². The lowest BCUT2D eigenvalue weighted by molar-refractivity contribution is -0.143. The van der Waals surface area contributed by atoms with Crippen molar-refractivity contribution < 1.29 is 14.1 Å². The van der Waals surface area contributed by atoms with Crippen LogP contribution < -0.4 is 0 Å². The first-order valence-corrected chi connectivity index (χ1v) is 9.63. The van der Waals surface area contributed by atoms with Gasteiger partial charge in [0, 0.05) is 19.2 Å². The fraction of sp³-hybridized carbons (Fsp3) is 0.556. The summed E-state index contributed by atoms with van der Waals surface area (Å²) >= 11 is 1.63. The second-order valence-corrected chi connectivity index (χ2v) is 7.44. The molecule has 24 heavy (non-hydrogen) atoms. The van der Waals surface area contributed by atoms with Crippen molar-refractivity contribution in [3.63, 3.8) is 0 Å². The first-order valence-electron chi connectivity index (χ1n) is 8.75. The van der Waals surface area contributed by atoms with Crippen molar-refractivity contribution in [1.29, 1.82) is 0 Å². The normalized spacial score (nSPS) is 24.9. The van der Waals surface area contributed by atoms with Crippen molar-refractivity contribution in [1.82, 2.24) is 10.1 Å². The summed E-state index contributed by atoms with van der Waals surface area (Å²) in [6, 6.07) is 6.03. The Balaban J connectivity index is 1.59. The second kappa shape index (κ2) is 7.07. The van der Waals surface area contributed by atoms with Gasteiger partial charge in [0.25, 0.3) is 5.91 Å². The van der Waals surface area contributed by atoms with E-state index in [1.807, 2.05) is 28.5 Å². The largest absolute Gasteiger partial charge is 0.368 e. The van der Waals surface area contributed by atoms with Crippen LogP contribution in [0.4, 0.5) is 0 Å². The highest BCUT2D eigenvalue weighted by Gasteiger charge is 2.35. The fourth-order valence-corrected chi connectivity index (χ4v) is 4.29. The van der Waals surface area contributed by atoms with Gasteiger partial charge in [0.05, 0.1) is 10.9 Å². The highest BCUT2D eigenvalue weighted by atomic mass is 32.1. The maximum Gasteiger partial charge on any atom is 0.252 e. The average molecular weight is 346 g/mol. The SMILES string of the molecule is O=C([C@@H]1CCCO1)N1CCCCC[C@H]1c1cc(-c2cccs2)on1. The minimum absolute atomic E-state index is 0.00154. The second-order valence-electron chi connectivity index (χ2n) is 6.49. The van der Waals surface area contributed by atoms with E-state index in [-0.39, 0.29) is 18.1 Å². The Hall–Kier alpha value is -1.66. The molecule has 0 aromatic carbocycles. The number of thiophene rings is 1. The minimum atomic E-state index is -0.269. The number of carbonyl (C=O) groups excluding carboxylic acids is 1. The minimum Gasteiger partial charge on any atom is -0.368 e. The van der Waals surface area contributed by atoms with Gasteiger partial charge in [0.1, 0.15) is 11.8 Å². The molecule has 128 valence electrons. The van der Waals surface area contributed by atoms with E-state index < -0.39 is 0 Å². The van der Waals surface area contributed by atoms with E-state index in [0.717, 1.165) is 61.4 Å². The number of ether oxygens (including phenoxy) is 1. The first kappa shape index (κ1) is 15.8. The van der Waals surface area contributed by atoms with E-state index in [9.17, 15) is 4.79 Å². The molecular formula is C18H22N2O3S. The van der Waals surface area contributed by atoms with Crippen molar-refractivity contribution >= 4 is 17.2 Å². The Morgan fingerprint density at radius 2 is 2.21 bits per heavy atom. The van der Waals surface area contributed by atoms with E-state index in [0.29, 0.717) is 6.61 Å². The Bertz CT molecular complexity index is 676. The number of hydrogen-bond acceptors (Lipinski definition) is 5. The third kappa shape index (κ3) is 3.13. The van der Waals surface area contributed by atoms with Crippen LogP contribution in [0.1, 0.15) is 50.3 Å². The molecule has 0 N–H and O–H groups in total. The number of carbonyl (C=O) groups is 1. The van der Waals surface area contributed by atoms with Crippen molar-refractivity contribution in [2.75, 3.05) is 13.2 Å². The number of nitrogens with zero attached hydrogens (tertiary/aromatic N) is 2. The van der Waals surface area contributed by atoms with Crippen LogP contribution in [0.15, 0.2) is 28.1 Å². The van der Waals surface area contributed by atoms with Crippen LogP contribution in [0.25, 0.3) is 10.6 Å². The summed E-state index contributed by atoms with van der Waals surface area (Å²) in [4.78, 5) is 16.0. The van der Waals surface area contributed by atoms with Gasteiger partial charge >= 0.3 is 0 Å². The Morgan fingerprint density at radius 3 is 3.00 bits per heavy atom. The van der Waals surface area contributed by atoms with Crippen molar-refractivity contribution in [3.8, 4) is 10.6 Å². The summed E-state index contributed by atoms with van der Waals surface area (Å²) < 4.78 is 11.2. The van der Waals surface area contributed by atoms with Crippen molar-refractivity contribution in [2.45, 2.75) is 50.7 Å². The summed E-state index contributed by atoms with van der Waals surface area (Å²) in [7, 11) is 0. The molecule has 0 aliphatic carbocycles. The average Bonchev–Trinajstić information content (AvgIpc) is 3.33. The molecule has 2 aromatic rings. The standard InChI is InChI=1S/C18H22N2O3S/c21-18(15-7-4-10-22-15)20-9-3-1-2-6-14(20)13-12-16(23-19-13)17-8-5-11-24-17/h5,8,11-12,14-15H,1-4,6-7,9-10H2/t14-,15-/m0/s1. The van der Waals surface area contributed by atoms with Gasteiger partial charge in [-0.05, 0) is 37.1 Å². The van der Waals surface area contributed by atoms with Gasteiger partial charge in [-0.2, -0.15) is 0 Å². The van der Waals surface area contributed by atoms with Crippen LogP contribution >= 0.6 is 11.3 Å². The molecule has 4 rings (SSSR count). The zero-order chi connectivity index (χ0) is 16.4. The van der Waals surface area contributed by atoms with Crippen LogP contribution in [-0.4, -0.2) is 35.2 Å². The molecular weight excluding hydrogens is 324 g/mol. The monoisotopic (exact) mass is 346 g/mol. The smallest absolute Gasteiger partial charge is 0.252 e. The molecule has 0 spiro atoms. The maximum atomic E-state index is 12.9. The van der Waals surface area contributed by atoms with Crippen LogP contribution in [0.2, 0.25) is 0 Å². The summed E-state index contributed by atoms with van der Waals surface area (Å²) in [6.45, 7) is 1.48. The number of hydrogen-bond donors (Lipinski definition) is 0. The van der Waals surface area contributed by atoms with E-state index in [2.05, 4.69) is 5.16 Å². The van der Waals surface area contributed by atoms with Gasteiger partial charge in [-0.25, -0.2) is 0 Å². The summed E-state index contributed by atoms with van der Waals surface area (Å²) in [5.74, 6) is 0.911. The summed E-state index contributed by atoms with van der Waals surface area (Å²) in [6.07, 6.45) is 5.79. The fourth-order valence-electron chi connectivity index (χ4n) is 3.62. The lowest BCUT2D eigenvalue weighted by Gasteiger charge is -2.30. The number of aromatic nitrogens is 1. The lowest BCUT2D eigenvalue weighted by Crippen LogP contribution is -2.41. The summed E-state index contributed by atoms with van der Waals surface area (Å²) in [5, 5.41) is 6.32. The van der Waals surface area contributed by atoms with E-state index >= 15 is 0 Å². The van der Waals surface area contributed by atoms with E-state index in [4.69, 9.17) is 9.26 Å². The molecule has 2 atom stereocenters. The highest BCUT2D eigenvalue weighted by molar-refractivity contribution is 7.13. The zero-order valence-corrected chi connectivity index (χ0v) is 14.5. The zero-order valence-electron chi connectivity index (χ0n) is 13.6. The molecule has 2 aliphatic heterocycles. The van der Waals surface area contributed by atoms with Gasteiger partial charge < -0.3 is 14.2 Å². The third-order valence-corrected chi connectivity index (χ3v) is 5.76. The molecule has 4 heterocycles. The number of amides is 1. The van der Waals surface area contributed by atoms with E-state index in [1.54, 1.807) is 11.3 Å². The predicted molar refractivity (Wildman–Crippen MR) is 91.7 cm³/mol. The summed E-state index contributed by atoms with van der Waals surface area (Å²) in [5.41, 5.74) is 0.867. The van der Waals surface area contributed by atoms with Gasteiger partial charge in [-0.3, -0.25) is 4.79 Å². The Morgan fingerprint density at radius 1 is 1.25 bits per heavy atom. The molecule has 0 unspecified atom stereocenters. The number of likely N-dealkylation sites (tertiary alicyclic amines) is 1. The van der Waals surface area contributed by atoms with Crippen molar-refractivity contribution in [2.24, 2.45) is 0 Å². The molecule has 2 fully saturated rings. The van der Waals surface area contributed by atoms with Crippen LogP contribution in [-0.2, 0) is 9.53 Å². The molecule has 2 saturated heterocycles. The lowest BCUT2D eigenvalue weighted by atomic mass is 10.1. The quantitative estimate of drug-likeness (QED) is 0.842. The molecule has 0 radical (unpaired) electrons. The van der Waals surface area contributed by atoms with Gasteiger partial charge in [-0.15, -0.1) is 11.3 Å². The predicted octanol–water partition coefficient (Wildman–Crippen LogP) is 4.03. The molecule has 2 aliphatic rings. The van der Waals surface area contributed by atoms with Crippen molar-refractivity contribution in [3.05, 3.63) is 29.3 Å². The van der Waals surface area contributed by atoms with Gasteiger partial charge in [-0.1, -0.05) is 24.1 Å². The van der Waals surface area contributed by atoms with Gasteiger partial charge in [0.2, 0.25) is 0 Å². The van der Waals surface area contributed by atoms with Crippen LogP contribution in [0.3, 0.4) is 0 Å². The Labute approximate surface area is 145 Å². The first-order chi connectivity index (χ1) is 11.8. The maximum absolute atomic E-state index is 12.9. The number of rotatable bonds is 3. The highest BCUT2D eigenvalue weighted by Crippen LogP contribution is 2.34. The molecule has 2 aromatic heterocycles. The molecule has 5 nitrogen and oxygen atoms in total.